The van der Waals surface area contributed by atoms with Crippen molar-refractivity contribution in [3.63, 3.8) is 0 Å². The molecule has 0 unspecified atom stereocenters. The lowest BCUT2D eigenvalue weighted by Gasteiger charge is -2.23. The van der Waals surface area contributed by atoms with Crippen LogP contribution in [-0.2, 0) is 14.9 Å². The number of benzene rings is 1. The molecular weight excluding hydrogens is 226 g/mol. The molecule has 94 valence electrons. The number of carbonyl (C=O) groups is 1. The molecule has 2 nitrogen and oxygen atoms in total. The number of ether oxygens (including phenoxy) is 1. The van der Waals surface area contributed by atoms with Crippen LogP contribution >= 0.6 is 0 Å². The minimum atomic E-state index is -1.20. The highest BCUT2D eigenvalue weighted by atomic mass is 19.2. The fourth-order valence-electron chi connectivity index (χ4n) is 1.55. The highest BCUT2D eigenvalue weighted by Crippen LogP contribution is 2.29. The first kappa shape index (κ1) is 13.6. The summed E-state index contributed by atoms with van der Waals surface area (Å²) in [5.74, 6) is -2.47. The van der Waals surface area contributed by atoms with Crippen LogP contribution in [0.3, 0.4) is 0 Å². The van der Waals surface area contributed by atoms with E-state index in [2.05, 4.69) is 0 Å². The molecule has 0 aliphatic rings. The summed E-state index contributed by atoms with van der Waals surface area (Å²) in [6, 6.07) is 2.87. The van der Waals surface area contributed by atoms with Crippen molar-refractivity contribution in [1.29, 1.82) is 0 Å². The minimum Gasteiger partial charge on any atom is -0.465 e. The second-order valence-electron chi connectivity index (χ2n) is 4.40. The van der Waals surface area contributed by atoms with E-state index in [1.165, 1.54) is 32.9 Å². The van der Waals surface area contributed by atoms with E-state index in [-0.39, 0.29) is 17.7 Å². The van der Waals surface area contributed by atoms with Crippen molar-refractivity contribution < 1.29 is 18.3 Å². The predicted molar refractivity (Wildman–Crippen MR) is 60.8 cm³/mol. The molecule has 0 aliphatic heterocycles. The Morgan fingerprint density at radius 3 is 2.41 bits per heavy atom. The van der Waals surface area contributed by atoms with Gasteiger partial charge in [0.15, 0.2) is 11.6 Å². The molecule has 4 heteroatoms. The summed E-state index contributed by atoms with van der Waals surface area (Å²) < 4.78 is 32.1. The summed E-state index contributed by atoms with van der Waals surface area (Å²) in [5, 5.41) is 0. The molecule has 0 atom stereocenters. The summed E-state index contributed by atoms with van der Waals surface area (Å²) in [6.07, 6.45) is 0. The van der Waals surface area contributed by atoms with Gasteiger partial charge in [0.1, 0.15) is 0 Å². The summed E-state index contributed by atoms with van der Waals surface area (Å²) >= 11 is 0. The van der Waals surface area contributed by atoms with Crippen LogP contribution in [0.15, 0.2) is 12.1 Å². The van der Waals surface area contributed by atoms with E-state index in [1.807, 2.05) is 0 Å². The maximum absolute atomic E-state index is 13.8. The van der Waals surface area contributed by atoms with E-state index in [4.69, 9.17) is 4.74 Å². The Morgan fingerprint density at radius 1 is 1.29 bits per heavy atom. The molecule has 0 fully saturated rings. The molecule has 0 aromatic heterocycles. The highest BCUT2D eigenvalue weighted by Gasteiger charge is 2.35. The third kappa shape index (κ3) is 2.46. The monoisotopic (exact) mass is 242 g/mol. The lowest BCUT2D eigenvalue weighted by molar-refractivity contribution is -0.148. The first-order valence-electron chi connectivity index (χ1n) is 5.44. The van der Waals surface area contributed by atoms with Crippen molar-refractivity contribution in [2.45, 2.75) is 33.1 Å². The van der Waals surface area contributed by atoms with Crippen LogP contribution in [0.1, 0.15) is 31.9 Å². The largest absolute Gasteiger partial charge is 0.465 e. The lowest BCUT2D eigenvalue weighted by atomic mass is 9.84. The molecule has 1 aromatic carbocycles. The van der Waals surface area contributed by atoms with E-state index in [9.17, 15) is 13.6 Å². The van der Waals surface area contributed by atoms with Crippen LogP contribution in [0.2, 0.25) is 0 Å². The molecule has 0 aliphatic carbocycles. The first-order valence-corrected chi connectivity index (χ1v) is 5.44. The second kappa shape index (κ2) is 4.82. The van der Waals surface area contributed by atoms with Crippen LogP contribution in [0, 0.1) is 18.6 Å². The number of carbonyl (C=O) groups excluding carboxylic acids is 1. The van der Waals surface area contributed by atoms with Gasteiger partial charge in [-0.25, -0.2) is 8.78 Å². The quantitative estimate of drug-likeness (QED) is 0.761. The van der Waals surface area contributed by atoms with Crippen LogP contribution in [0.25, 0.3) is 0 Å². The van der Waals surface area contributed by atoms with Gasteiger partial charge in [0, 0.05) is 5.56 Å². The summed E-state index contributed by atoms with van der Waals surface area (Å²) in [6.45, 7) is 6.37. The predicted octanol–water partition coefficient (Wildman–Crippen LogP) is 3.11. The molecule has 1 aromatic rings. The minimum absolute atomic E-state index is 0.0130. The number of hydrogen-bond acceptors (Lipinski definition) is 2. The molecule has 0 heterocycles. The number of rotatable bonds is 3. The topological polar surface area (TPSA) is 26.3 Å². The summed E-state index contributed by atoms with van der Waals surface area (Å²) in [7, 11) is 0. The zero-order valence-electron chi connectivity index (χ0n) is 10.4. The molecule has 0 saturated heterocycles. The molecule has 0 amide bonds. The van der Waals surface area contributed by atoms with Gasteiger partial charge in [0.25, 0.3) is 0 Å². The molecule has 0 saturated carbocycles. The third-order valence-corrected chi connectivity index (χ3v) is 2.73. The van der Waals surface area contributed by atoms with Crippen molar-refractivity contribution >= 4 is 5.97 Å². The van der Waals surface area contributed by atoms with E-state index in [1.54, 1.807) is 6.92 Å². The van der Waals surface area contributed by atoms with Gasteiger partial charge in [-0.1, -0.05) is 12.1 Å². The summed E-state index contributed by atoms with van der Waals surface area (Å²) in [4.78, 5) is 11.7. The Hall–Kier alpha value is -1.45. The van der Waals surface area contributed by atoms with Gasteiger partial charge >= 0.3 is 5.97 Å². The Balaban J connectivity index is 3.24. The smallest absolute Gasteiger partial charge is 0.316 e. The van der Waals surface area contributed by atoms with Crippen molar-refractivity contribution in [3.05, 3.63) is 34.9 Å². The molecule has 17 heavy (non-hydrogen) atoms. The van der Waals surface area contributed by atoms with E-state index >= 15 is 0 Å². The second-order valence-corrected chi connectivity index (χ2v) is 4.40. The van der Waals surface area contributed by atoms with Crippen LogP contribution in [0.5, 0.6) is 0 Å². The van der Waals surface area contributed by atoms with Gasteiger partial charge in [0.2, 0.25) is 0 Å². The Labute approximate surface area is 99.6 Å². The highest BCUT2D eigenvalue weighted by molar-refractivity contribution is 5.82. The fourth-order valence-corrected chi connectivity index (χ4v) is 1.55. The van der Waals surface area contributed by atoms with Crippen LogP contribution in [-0.4, -0.2) is 12.6 Å². The van der Waals surface area contributed by atoms with Crippen molar-refractivity contribution in [2.75, 3.05) is 6.61 Å². The molecule has 0 bridgehead atoms. The zero-order valence-corrected chi connectivity index (χ0v) is 10.4. The number of hydrogen-bond donors (Lipinski definition) is 0. The molecular formula is C13H16F2O2. The average Bonchev–Trinajstić information content (AvgIpc) is 2.26. The first-order chi connectivity index (χ1) is 7.82. The van der Waals surface area contributed by atoms with Gasteiger partial charge in [-0.2, -0.15) is 0 Å². The normalized spacial score (nSPS) is 11.4. The SMILES string of the molecule is CCOC(=O)C(C)(C)c1ccc(C)c(F)c1F. The molecule has 0 spiro atoms. The third-order valence-electron chi connectivity index (χ3n) is 2.73. The number of aryl methyl sites for hydroxylation is 1. The van der Waals surface area contributed by atoms with E-state index in [0.29, 0.717) is 0 Å². The van der Waals surface area contributed by atoms with Crippen molar-refractivity contribution in [3.8, 4) is 0 Å². The fraction of sp³-hybridized carbons (Fsp3) is 0.462. The van der Waals surface area contributed by atoms with Crippen LogP contribution < -0.4 is 0 Å². The lowest BCUT2D eigenvalue weighted by Crippen LogP contribution is -2.32. The van der Waals surface area contributed by atoms with Gasteiger partial charge in [-0.3, -0.25) is 4.79 Å². The summed E-state index contributed by atoms with van der Waals surface area (Å²) in [5.41, 5.74) is -0.973. The Morgan fingerprint density at radius 2 is 1.88 bits per heavy atom. The molecule has 0 N–H and O–H groups in total. The van der Waals surface area contributed by atoms with Crippen molar-refractivity contribution in [1.82, 2.24) is 0 Å². The van der Waals surface area contributed by atoms with Crippen LogP contribution in [0.4, 0.5) is 8.78 Å². The van der Waals surface area contributed by atoms with Crippen molar-refractivity contribution in [2.24, 2.45) is 0 Å². The maximum atomic E-state index is 13.8. The van der Waals surface area contributed by atoms with E-state index < -0.39 is 23.0 Å². The zero-order chi connectivity index (χ0) is 13.2. The van der Waals surface area contributed by atoms with Gasteiger partial charge in [-0.05, 0) is 33.3 Å². The standard InChI is InChI=1S/C13H16F2O2/c1-5-17-12(16)13(3,4)9-7-6-8(2)10(14)11(9)15/h6-7H,5H2,1-4H3. The van der Waals surface area contributed by atoms with E-state index in [0.717, 1.165) is 0 Å². The molecule has 1 rings (SSSR count). The maximum Gasteiger partial charge on any atom is 0.316 e. The average molecular weight is 242 g/mol. The van der Waals surface area contributed by atoms with Gasteiger partial charge in [0.05, 0.1) is 12.0 Å². The molecule has 0 radical (unpaired) electrons. The number of esters is 1. The number of halogens is 2. The van der Waals surface area contributed by atoms with Gasteiger partial charge < -0.3 is 4.74 Å². The Kier molecular flexibility index (Phi) is 3.86. The van der Waals surface area contributed by atoms with Gasteiger partial charge in [-0.15, -0.1) is 0 Å². The Bertz CT molecular complexity index is 439.